The Morgan fingerprint density at radius 2 is 1.64 bits per heavy atom. The summed E-state index contributed by atoms with van der Waals surface area (Å²) >= 11 is 0. The lowest BCUT2D eigenvalue weighted by Crippen LogP contribution is -2.68. The first-order chi connectivity index (χ1) is 16.4. The predicted octanol–water partition coefficient (Wildman–Crippen LogP) is 1.46. The Labute approximate surface area is 213 Å². The molecule has 11 heteroatoms. The van der Waals surface area contributed by atoms with Crippen molar-refractivity contribution in [2.24, 2.45) is 22.7 Å². The number of esters is 2. The van der Waals surface area contributed by atoms with Gasteiger partial charge in [-0.25, -0.2) is 0 Å². The summed E-state index contributed by atoms with van der Waals surface area (Å²) in [6.07, 6.45) is -2.15. The Morgan fingerprint density at radius 1 is 1.08 bits per heavy atom. The van der Waals surface area contributed by atoms with Crippen LogP contribution < -0.4 is 0 Å². The molecule has 206 valence electrons. The van der Waals surface area contributed by atoms with Crippen LogP contribution in [0, 0.1) is 22.7 Å². The van der Waals surface area contributed by atoms with Gasteiger partial charge >= 0.3 is 11.9 Å². The van der Waals surface area contributed by atoms with E-state index in [-0.39, 0.29) is 19.3 Å². The van der Waals surface area contributed by atoms with Gasteiger partial charge in [-0.05, 0) is 60.5 Å². The second-order valence-electron chi connectivity index (χ2n) is 11.7. The number of hydrogen-bond acceptors (Lipinski definition) is 10. The third-order valence-electron chi connectivity index (χ3n) is 8.71. The summed E-state index contributed by atoms with van der Waals surface area (Å²) in [5.74, 6) is -2.62. The Morgan fingerprint density at radius 3 is 2.14 bits per heavy atom. The highest BCUT2D eigenvalue weighted by molar-refractivity contribution is 7.86. The van der Waals surface area contributed by atoms with Gasteiger partial charge in [-0.15, -0.1) is 0 Å². The van der Waals surface area contributed by atoms with Crippen LogP contribution in [0.4, 0.5) is 0 Å². The standard InChI is InChI=1S/C25H40O10S/c1-13-17(33-14(2)27)10-16-21(29)22-24(6,11-18(34-15(3)28)20(13)23(16,4)5)9-8-19(25(22,30)12-26)35-36(7,31)32/h16-19,21-22,26,29-30H,8-12H2,1-7H3/t16-,17-,18-,19-,21+,22-,24-,25-/m0/s1. The number of aliphatic hydroxyl groups is 3. The van der Waals surface area contributed by atoms with E-state index in [0.29, 0.717) is 6.42 Å². The molecule has 0 aromatic heterocycles. The smallest absolute Gasteiger partial charge is 0.303 e. The van der Waals surface area contributed by atoms with Crippen LogP contribution in [0.25, 0.3) is 0 Å². The minimum Gasteiger partial charge on any atom is -0.458 e. The van der Waals surface area contributed by atoms with Crippen molar-refractivity contribution in [1.29, 1.82) is 0 Å². The van der Waals surface area contributed by atoms with E-state index in [0.717, 1.165) is 17.4 Å². The first kappa shape index (κ1) is 29.0. The number of fused-ring (bicyclic) bond motifs is 3. The number of rotatable bonds is 5. The van der Waals surface area contributed by atoms with Gasteiger partial charge in [0.05, 0.1) is 19.0 Å². The van der Waals surface area contributed by atoms with Gasteiger partial charge in [0, 0.05) is 19.8 Å². The zero-order chi connectivity index (χ0) is 27.4. The summed E-state index contributed by atoms with van der Waals surface area (Å²) in [4.78, 5) is 24.1. The second-order valence-corrected chi connectivity index (χ2v) is 13.3. The lowest BCUT2D eigenvalue weighted by atomic mass is 9.48. The number of carbonyl (C=O) groups excluding carboxylic acids is 2. The molecule has 0 saturated heterocycles. The molecule has 2 saturated carbocycles. The molecule has 8 atom stereocenters. The topological polar surface area (TPSA) is 157 Å². The Balaban J connectivity index is 2.25. The van der Waals surface area contributed by atoms with E-state index < -0.39 is 81.3 Å². The van der Waals surface area contributed by atoms with Gasteiger partial charge in [0.25, 0.3) is 10.1 Å². The average molecular weight is 533 g/mol. The maximum Gasteiger partial charge on any atom is 0.303 e. The zero-order valence-electron chi connectivity index (χ0n) is 22.1. The summed E-state index contributed by atoms with van der Waals surface area (Å²) in [6.45, 7) is 9.27. The quantitative estimate of drug-likeness (QED) is 0.269. The molecule has 10 nitrogen and oxygen atoms in total. The molecule has 0 amide bonds. The minimum atomic E-state index is -3.98. The van der Waals surface area contributed by atoms with Crippen molar-refractivity contribution in [2.75, 3.05) is 12.9 Å². The maximum atomic E-state index is 12.2. The molecule has 3 aliphatic carbocycles. The van der Waals surface area contributed by atoms with E-state index in [1.54, 1.807) is 0 Å². The maximum absolute atomic E-state index is 12.2. The molecular weight excluding hydrogens is 492 g/mol. The molecule has 0 aliphatic heterocycles. The molecule has 0 unspecified atom stereocenters. The zero-order valence-corrected chi connectivity index (χ0v) is 22.9. The van der Waals surface area contributed by atoms with Crippen molar-refractivity contribution >= 4 is 22.1 Å². The number of aliphatic hydroxyl groups excluding tert-OH is 2. The summed E-state index contributed by atoms with van der Waals surface area (Å²) in [5.41, 5.74) is -2.18. The van der Waals surface area contributed by atoms with E-state index in [1.807, 2.05) is 27.7 Å². The van der Waals surface area contributed by atoms with Crippen LogP contribution in [0.1, 0.15) is 67.2 Å². The fourth-order valence-corrected chi connectivity index (χ4v) is 8.05. The Hall–Kier alpha value is -1.53. The lowest BCUT2D eigenvalue weighted by Gasteiger charge is -2.61. The van der Waals surface area contributed by atoms with E-state index in [9.17, 15) is 33.3 Å². The van der Waals surface area contributed by atoms with Gasteiger partial charge in [0.2, 0.25) is 0 Å². The summed E-state index contributed by atoms with van der Waals surface area (Å²) in [7, 11) is -3.98. The normalized spacial score (nSPS) is 40.5. The number of hydrogen-bond donors (Lipinski definition) is 3. The van der Waals surface area contributed by atoms with Gasteiger partial charge < -0.3 is 24.8 Å². The lowest BCUT2D eigenvalue weighted by molar-refractivity contribution is -0.238. The molecule has 0 aromatic rings. The Kier molecular flexibility index (Phi) is 7.78. The molecular formula is C25H40O10S. The number of carbonyl (C=O) groups is 2. The van der Waals surface area contributed by atoms with Crippen molar-refractivity contribution in [3.63, 3.8) is 0 Å². The molecule has 0 aromatic carbocycles. The van der Waals surface area contributed by atoms with Crippen LogP contribution >= 0.6 is 0 Å². The molecule has 0 heterocycles. The third-order valence-corrected chi connectivity index (χ3v) is 9.29. The second kappa shape index (κ2) is 9.65. The summed E-state index contributed by atoms with van der Waals surface area (Å²) in [6, 6.07) is 0. The third kappa shape index (κ3) is 5.09. The van der Waals surface area contributed by atoms with Crippen LogP contribution in [0.5, 0.6) is 0 Å². The highest BCUT2D eigenvalue weighted by Crippen LogP contribution is 2.61. The van der Waals surface area contributed by atoms with Gasteiger partial charge in [0.15, 0.2) is 0 Å². The molecule has 0 radical (unpaired) electrons. The van der Waals surface area contributed by atoms with Crippen molar-refractivity contribution in [1.82, 2.24) is 0 Å². The molecule has 3 N–H and O–H groups in total. The van der Waals surface area contributed by atoms with Gasteiger partial charge in [-0.2, -0.15) is 8.42 Å². The molecule has 0 spiro atoms. The van der Waals surface area contributed by atoms with Crippen molar-refractivity contribution in [3.8, 4) is 0 Å². The molecule has 3 rings (SSSR count). The minimum absolute atomic E-state index is 0.110. The fourth-order valence-electron chi connectivity index (χ4n) is 7.36. The monoisotopic (exact) mass is 532 g/mol. The highest BCUT2D eigenvalue weighted by Gasteiger charge is 2.64. The van der Waals surface area contributed by atoms with E-state index >= 15 is 0 Å². The predicted molar refractivity (Wildman–Crippen MR) is 129 cm³/mol. The SMILES string of the molecule is CC(=O)O[C@H]1C[C@H]2[C@@H](O)[C@H]3[C@@](C)(CC[C@H](OS(C)(=O)=O)[C@@]3(O)CO)C[C@H](OC(C)=O)C(=C1C)C2(C)C. The fraction of sp³-hybridized carbons (Fsp3) is 0.840. The largest absolute Gasteiger partial charge is 0.458 e. The summed E-state index contributed by atoms with van der Waals surface area (Å²) in [5, 5.41) is 34.2. The molecule has 3 aliphatic rings. The van der Waals surface area contributed by atoms with Crippen LogP contribution in [0.15, 0.2) is 11.1 Å². The van der Waals surface area contributed by atoms with Gasteiger partial charge in [-0.3, -0.25) is 13.8 Å². The van der Waals surface area contributed by atoms with Crippen LogP contribution in [0.3, 0.4) is 0 Å². The van der Waals surface area contributed by atoms with Crippen LogP contribution in [-0.2, 0) is 33.4 Å². The van der Waals surface area contributed by atoms with E-state index in [4.69, 9.17) is 13.7 Å². The van der Waals surface area contributed by atoms with Crippen LogP contribution in [0.2, 0.25) is 0 Å². The van der Waals surface area contributed by atoms with Gasteiger partial charge in [-0.1, -0.05) is 20.8 Å². The first-order valence-electron chi connectivity index (χ1n) is 12.3. The molecule has 2 fully saturated rings. The Bertz CT molecular complexity index is 1030. The number of ether oxygens (including phenoxy) is 2. The highest BCUT2D eigenvalue weighted by atomic mass is 32.2. The first-order valence-corrected chi connectivity index (χ1v) is 14.1. The molecule has 36 heavy (non-hydrogen) atoms. The van der Waals surface area contributed by atoms with E-state index in [1.165, 1.54) is 13.8 Å². The van der Waals surface area contributed by atoms with Crippen LogP contribution in [-0.4, -0.2) is 78.6 Å². The average Bonchev–Trinajstić information content (AvgIpc) is 2.69. The van der Waals surface area contributed by atoms with Crippen molar-refractivity contribution in [2.45, 2.75) is 97.2 Å². The van der Waals surface area contributed by atoms with Gasteiger partial charge in [0.1, 0.15) is 23.9 Å². The van der Waals surface area contributed by atoms with Crippen molar-refractivity contribution < 1.29 is 47.0 Å². The van der Waals surface area contributed by atoms with E-state index in [2.05, 4.69) is 0 Å². The molecule has 2 bridgehead atoms. The summed E-state index contributed by atoms with van der Waals surface area (Å²) < 4.78 is 40.6. The van der Waals surface area contributed by atoms with Crippen molar-refractivity contribution in [3.05, 3.63) is 11.1 Å².